The van der Waals surface area contributed by atoms with E-state index in [2.05, 4.69) is 4.72 Å². The van der Waals surface area contributed by atoms with Crippen LogP contribution in [0.3, 0.4) is 0 Å². The van der Waals surface area contributed by atoms with E-state index in [1.807, 2.05) is 6.92 Å². The topological polar surface area (TPSA) is 120 Å². The van der Waals surface area contributed by atoms with Crippen LogP contribution >= 0.6 is 0 Å². The molecule has 1 aromatic heterocycles. The summed E-state index contributed by atoms with van der Waals surface area (Å²) >= 11 is 0. The molecule has 0 unspecified atom stereocenters. The first kappa shape index (κ1) is 15.2. The highest BCUT2D eigenvalue weighted by Crippen LogP contribution is 2.14. The van der Waals surface area contributed by atoms with Crippen LogP contribution in [0.1, 0.15) is 31.9 Å². The summed E-state index contributed by atoms with van der Waals surface area (Å²) in [5.74, 6) is -1.40. The van der Waals surface area contributed by atoms with Gasteiger partial charge in [0.15, 0.2) is 0 Å². The van der Waals surface area contributed by atoms with Crippen molar-refractivity contribution in [2.24, 2.45) is 0 Å². The summed E-state index contributed by atoms with van der Waals surface area (Å²) in [5.41, 5.74) is 0. The Balaban J connectivity index is 2.88. The van der Waals surface area contributed by atoms with Crippen molar-refractivity contribution in [2.75, 3.05) is 0 Å². The standard InChI is InChI=1S/C11H14N2O5S/c1-2-3-4-9(11(14)15)13-19(16,17)10-6-5-8(7-12)18-10/h5-6,9,13H,2-4H2,1H3,(H,14,15)/t9-/m0/s1. The van der Waals surface area contributed by atoms with Gasteiger partial charge in [0.25, 0.3) is 10.0 Å². The molecule has 19 heavy (non-hydrogen) atoms. The Labute approximate surface area is 110 Å². The minimum Gasteiger partial charge on any atom is -0.480 e. The first-order chi connectivity index (χ1) is 8.90. The summed E-state index contributed by atoms with van der Waals surface area (Å²) < 4.78 is 30.6. The number of nitriles is 1. The maximum Gasteiger partial charge on any atom is 0.321 e. The molecule has 0 bridgehead atoms. The number of rotatable bonds is 7. The molecule has 0 fully saturated rings. The number of nitrogens with zero attached hydrogens (tertiary/aromatic N) is 1. The molecule has 2 N–H and O–H groups in total. The second kappa shape index (κ2) is 6.36. The van der Waals surface area contributed by atoms with E-state index >= 15 is 0 Å². The first-order valence-corrected chi connectivity index (χ1v) is 7.14. The Morgan fingerprint density at radius 3 is 2.74 bits per heavy atom. The summed E-state index contributed by atoms with van der Waals surface area (Å²) in [4.78, 5) is 11.0. The number of hydrogen-bond acceptors (Lipinski definition) is 5. The number of carboxylic acid groups (broad SMARTS) is 1. The molecule has 0 radical (unpaired) electrons. The highest BCUT2D eigenvalue weighted by Gasteiger charge is 2.27. The van der Waals surface area contributed by atoms with E-state index in [4.69, 9.17) is 14.8 Å². The molecule has 0 aliphatic carbocycles. The highest BCUT2D eigenvalue weighted by molar-refractivity contribution is 7.89. The molecule has 1 atom stereocenters. The molecule has 7 nitrogen and oxygen atoms in total. The van der Waals surface area contributed by atoms with Gasteiger partial charge in [-0.15, -0.1) is 0 Å². The third-order valence-electron chi connectivity index (χ3n) is 2.40. The summed E-state index contributed by atoms with van der Waals surface area (Å²) in [5, 5.41) is 17.0. The van der Waals surface area contributed by atoms with Crippen LogP contribution < -0.4 is 4.72 Å². The lowest BCUT2D eigenvalue weighted by Crippen LogP contribution is -2.40. The molecule has 8 heteroatoms. The van der Waals surface area contributed by atoms with Crippen molar-refractivity contribution in [1.82, 2.24) is 4.72 Å². The lowest BCUT2D eigenvalue weighted by Gasteiger charge is -2.12. The second-order valence-electron chi connectivity index (χ2n) is 3.88. The van der Waals surface area contributed by atoms with Gasteiger partial charge >= 0.3 is 5.97 Å². The molecule has 0 aliphatic rings. The van der Waals surface area contributed by atoms with Crippen LogP contribution in [0.15, 0.2) is 21.6 Å². The smallest absolute Gasteiger partial charge is 0.321 e. The first-order valence-electron chi connectivity index (χ1n) is 5.65. The predicted octanol–water partition coefficient (Wildman–Crippen LogP) is 1.07. The molecule has 0 amide bonds. The molecule has 0 saturated carbocycles. The molecule has 0 aromatic carbocycles. The van der Waals surface area contributed by atoms with Gasteiger partial charge in [0, 0.05) is 0 Å². The number of hydrogen-bond donors (Lipinski definition) is 2. The van der Waals surface area contributed by atoms with Crippen molar-refractivity contribution in [1.29, 1.82) is 5.26 Å². The van der Waals surface area contributed by atoms with Crippen LogP contribution in [-0.2, 0) is 14.8 Å². The van der Waals surface area contributed by atoms with Gasteiger partial charge in [0.05, 0.1) is 0 Å². The molecule has 1 aromatic rings. The molecule has 1 heterocycles. The number of carbonyl (C=O) groups is 1. The van der Waals surface area contributed by atoms with E-state index in [0.717, 1.165) is 12.5 Å². The minimum absolute atomic E-state index is 0.152. The van der Waals surface area contributed by atoms with Crippen molar-refractivity contribution >= 4 is 16.0 Å². The van der Waals surface area contributed by atoms with E-state index in [1.165, 1.54) is 6.07 Å². The van der Waals surface area contributed by atoms with E-state index in [9.17, 15) is 13.2 Å². The number of sulfonamides is 1. The molecule has 0 aliphatic heterocycles. The Morgan fingerprint density at radius 1 is 1.58 bits per heavy atom. The third kappa shape index (κ3) is 4.08. The number of furan rings is 1. The number of carboxylic acids is 1. The summed E-state index contributed by atoms with van der Waals surface area (Å²) in [6, 6.07) is 2.76. The second-order valence-corrected chi connectivity index (χ2v) is 5.53. The Morgan fingerprint density at radius 2 is 2.26 bits per heavy atom. The van der Waals surface area contributed by atoms with Gasteiger partial charge in [-0.1, -0.05) is 19.8 Å². The van der Waals surface area contributed by atoms with Gasteiger partial charge in [-0.05, 0) is 18.6 Å². The summed E-state index contributed by atoms with van der Waals surface area (Å²) in [7, 11) is -4.07. The lowest BCUT2D eigenvalue weighted by molar-refractivity contribution is -0.139. The minimum atomic E-state index is -4.07. The molecule has 104 valence electrons. The fourth-order valence-electron chi connectivity index (χ4n) is 1.41. The van der Waals surface area contributed by atoms with Gasteiger partial charge in [-0.25, -0.2) is 8.42 Å². The zero-order valence-electron chi connectivity index (χ0n) is 10.3. The molecular formula is C11H14N2O5S. The van der Waals surface area contributed by atoms with E-state index in [1.54, 1.807) is 6.07 Å². The normalized spacial score (nSPS) is 12.8. The quantitative estimate of drug-likeness (QED) is 0.773. The van der Waals surface area contributed by atoms with Crippen LogP contribution in [0.5, 0.6) is 0 Å². The maximum atomic E-state index is 11.9. The zero-order chi connectivity index (χ0) is 14.5. The molecule has 0 saturated heterocycles. The van der Waals surface area contributed by atoms with Gasteiger partial charge < -0.3 is 9.52 Å². The van der Waals surface area contributed by atoms with Crippen molar-refractivity contribution in [2.45, 2.75) is 37.3 Å². The number of nitrogens with one attached hydrogen (secondary N) is 1. The van der Waals surface area contributed by atoms with Gasteiger partial charge in [0.2, 0.25) is 10.9 Å². The predicted molar refractivity (Wildman–Crippen MR) is 64.7 cm³/mol. The molecule has 0 spiro atoms. The third-order valence-corrected chi connectivity index (χ3v) is 3.74. The highest BCUT2D eigenvalue weighted by atomic mass is 32.2. The average Bonchev–Trinajstić information content (AvgIpc) is 2.83. The lowest BCUT2D eigenvalue weighted by atomic mass is 10.1. The summed E-state index contributed by atoms with van der Waals surface area (Å²) in [6.45, 7) is 1.87. The van der Waals surface area contributed by atoms with Gasteiger partial charge in [0.1, 0.15) is 12.1 Å². The van der Waals surface area contributed by atoms with Crippen molar-refractivity contribution < 1.29 is 22.7 Å². The van der Waals surface area contributed by atoms with Crippen LogP contribution in [0.4, 0.5) is 0 Å². The van der Waals surface area contributed by atoms with Gasteiger partial charge in [-0.3, -0.25) is 4.79 Å². The SMILES string of the molecule is CCCC[C@H](NS(=O)(=O)c1ccc(C#N)o1)C(=O)O. The summed E-state index contributed by atoms with van der Waals surface area (Å²) in [6.07, 6.45) is 1.53. The van der Waals surface area contributed by atoms with E-state index < -0.39 is 27.1 Å². The van der Waals surface area contributed by atoms with Crippen molar-refractivity contribution in [3.8, 4) is 6.07 Å². The number of unbranched alkanes of at least 4 members (excludes halogenated alkanes) is 1. The van der Waals surface area contributed by atoms with E-state index in [-0.39, 0.29) is 12.2 Å². The zero-order valence-corrected chi connectivity index (χ0v) is 11.1. The molecular weight excluding hydrogens is 272 g/mol. The Bertz CT molecular complexity index is 584. The van der Waals surface area contributed by atoms with Crippen LogP contribution in [0, 0.1) is 11.3 Å². The fraction of sp³-hybridized carbons (Fsp3) is 0.455. The maximum absolute atomic E-state index is 11.9. The van der Waals surface area contributed by atoms with Gasteiger partial charge in [-0.2, -0.15) is 9.98 Å². The van der Waals surface area contributed by atoms with Crippen LogP contribution in [0.25, 0.3) is 0 Å². The van der Waals surface area contributed by atoms with Crippen molar-refractivity contribution in [3.05, 3.63) is 17.9 Å². The monoisotopic (exact) mass is 286 g/mol. The van der Waals surface area contributed by atoms with Crippen molar-refractivity contribution in [3.63, 3.8) is 0 Å². The Hall–Kier alpha value is -1.85. The van der Waals surface area contributed by atoms with E-state index in [0.29, 0.717) is 6.42 Å². The largest absolute Gasteiger partial charge is 0.480 e. The number of aliphatic carboxylic acids is 1. The molecule has 1 rings (SSSR count). The fourth-order valence-corrected chi connectivity index (χ4v) is 2.57. The average molecular weight is 286 g/mol. The van der Waals surface area contributed by atoms with Crippen LogP contribution in [0.2, 0.25) is 0 Å². The van der Waals surface area contributed by atoms with Crippen LogP contribution in [-0.4, -0.2) is 25.5 Å². The Kier molecular flexibility index (Phi) is 5.09.